The van der Waals surface area contributed by atoms with Crippen molar-refractivity contribution in [2.75, 3.05) is 20.0 Å². The maximum absolute atomic E-state index is 12.6. The quantitative estimate of drug-likeness (QED) is 0.556. The molecule has 1 saturated heterocycles. The van der Waals surface area contributed by atoms with E-state index in [1.54, 1.807) is 49.3 Å². The van der Waals surface area contributed by atoms with Gasteiger partial charge in [0.05, 0.1) is 32.8 Å². The number of benzene rings is 2. The number of nitrogens with zero attached hydrogens (tertiary/aromatic N) is 1. The van der Waals surface area contributed by atoms with Gasteiger partial charge in [0.15, 0.2) is 11.5 Å². The molecule has 2 aromatic carbocycles. The van der Waals surface area contributed by atoms with Crippen molar-refractivity contribution in [2.45, 2.75) is 18.5 Å². The lowest BCUT2D eigenvalue weighted by Crippen LogP contribution is -2.27. The third-order valence-electron chi connectivity index (χ3n) is 5.23. The van der Waals surface area contributed by atoms with E-state index in [1.165, 1.54) is 0 Å². The number of carbonyl (C=O) groups excluding carboxylic acids is 2. The van der Waals surface area contributed by atoms with Gasteiger partial charge in [-0.25, -0.2) is 0 Å². The SMILES string of the molecule is COc1ccc(CNC(=O)c2ccc([C@H]3SCC(=O)N3Cc3ccco3)cc2)cc1OC. The molecule has 1 fully saturated rings. The van der Waals surface area contributed by atoms with Crippen LogP contribution in [0, 0.1) is 0 Å². The molecular weight excluding hydrogens is 428 g/mol. The van der Waals surface area contributed by atoms with Crippen LogP contribution in [0.25, 0.3) is 0 Å². The van der Waals surface area contributed by atoms with Crippen LogP contribution in [0.2, 0.25) is 0 Å². The maximum Gasteiger partial charge on any atom is 0.251 e. The van der Waals surface area contributed by atoms with E-state index in [9.17, 15) is 9.59 Å². The summed E-state index contributed by atoms with van der Waals surface area (Å²) in [7, 11) is 3.16. The fraction of sp³-hybridized carbons (Fsp3) is 0.250. The van der Waals surface area contributed by atoms with Gasteiger partial charge in [0.1, 0.15) is 11.1 Å². The molecule has 0 bridgehead atoms. The number of ether oxygens (including phenoxy) is 2. The molecule has 0 saturated carbocycles. The molecule has 1 aliphatic rings. The fourth-order valence-electron chi connectivity index (χ4n) is 3.55. The van der Waals surface area contributed by atoms with Crippen molar-refractivity contribution in [1.29, 1.82) is 0 Å². The highest BCUT2D eigenvalue weighted by atomic mass is 32.2. The van der Waals surface area contributed by atoms with E-state index in [0.29, 0.717) is 35.9 Å². The van der Waals surface area contributed by atoms with E-state index in [-0.39, 0.29) is 17.2 Å². The number of thioether (sulfide) groups is 1. The molecule has 166 valence electrons. The van der Waals surface area contributed by atoms with Crippen molar-refractivity contribution in [3.63, 3.8) is 0 Å². The summed E-state index contributed by atoms with van der Waals surface area (Å²) in [5.41, 5.74) is 2.44. The third kappa shape index (κ3) is 4.75. The molecule has 2 amide bonds. The number of methoxy groups -OCH3 is 2. The highest BCUT2D eigenvalue weighted by Crippen LogP contribution is 2.39. The van der Waals surface area contributed by atoms with Crippen molar-refractivity contribution in [3.05, 3.63) is 83.3 Å². The standard InChI is InChI=1S/C24H24N2O5S/c1-29-20-10-5-16(12-21(20)30-2)13-25-23(28)17-6-8-18(9-7-17)24-26(22(27)15-32-24)14-19-4-3-11-31-19/h3-12,24H,13-15H2,1-2H3,(H,25,28)/t24-/m1/s1. The first-order chi connectivity index (χ1) is 15.6. The van der Waals surface area contributed by atoms with Crippen LogP contribution in [0.1, 0.15) is 32.6 Å². The molecule has 0 aliphatic carbocycles. The van der Waals surface area contributed by atoms with Gasteiger partial charge in [-0.15, -0.1) is 11.8 Å². The Kier molecular flexibility index (Phi) is 6.70. The average Bonchev–Trinajstić information content (AvgIpc) is 3.47. The smallest absolute Gasteiger partial charge is 0.251 e. The van der Waals surface area contributed by atoms with Crippen LogP contribution in [0.3, 0.4) is 0 Å². The molecular formula is C24H24N2O5S. The first kappa shape index (κ1) is 21.8. The zero-order valence-electron chi connectivity index (χ0n) is 17.9. The van der Waals surface area contributed by atoms with Crippen molar-refractivity contribution in [2.24, 2.45) is 0 Å². The van der Waals surface area contributed by atoms with E-state index in [1.807, 2.05) is 42.5 Å². The highest BCUT2D eigenvalue weighted by Gasteiger charge is 2.33. The summed E-state index contributed by atoms with van der Waals surface area (Å²) in [6.45, 7) is 0.794. The lowest BCUT2D eigenvalue weighted by molar-refractivity contribution is -0.128. The largest absolute Gasteiger partial charge is 0.493 e. The number of carbonyl (C=O) groups is 2. The Labute approximate surface area is 190 Å². The maximum atomic E-state index is 12.6. The zero-order valence-corrected chi connectivity index (χ0v) is 18.7. The minimum atomic E-state index is -0.172. The molecule has 8 heteroatoms. The van der Waals surface area contributed by atoms with Gasteiger partial charge in [0.2, 0.25) is 5.91 Å². The molecule has 1 atom stereocenters. The van der Waals surface area contributed by atoms with E-state index in [4.69, 9.17) is 13.9 Å². The molecule has 0 radical (unpaired) electrons. The summed E-state index contributed by atoms with van der Waals surface area (Å²) in [4.78, 5) is 26.8. The second-order valence-corrected chi connectivity index (χ2v) is 8.33. The normalized spacial score (nSPS) is 15.6. The summed E-state index contributed by atoms with van der Waals surface area (Å²) >= 11 is 1.57. The monoisotopic (exact) mass is 452 g/mol. The van der Waals surface area contributed by atoms with Gasteiger partial charge in [-0.3, -0.25) is 9.59 Å². The molecule has 1 aliphatic heterocycles. The Hall–Kier alpha value is -3.39. The molecule has 4 rings (SSSR count). The number of amides is 2. The van der Waals surface area contributed by atoms with E-state index in [2.05, 4.69) is 5.32 Å². The number of nitrogens with one attached hydrogen (secondary N) is 1. The molecule has 0 unspecified atom stereocenters. The average molecular weight is 453 g/mol. The summed E-state index contributed by atoms with van der Waals surface area (Å²) in [6.07, 6.45) is 1.60. The Bertz CT molecular complexity index is 1080. The predicted molar refractivity (Wildman–Crippen MR) is 122 cm³/mol. The second kappa shape index (κ2) is 9.82. The van der Waals surface area contributed by atoms with Gasteiger partial charge in [-0.05, 0) is 47.5 Å². The van der Waals surface area contributed by atoms with E-state index in [0.717, 1.165) is 16.9 Å². The first-order valence-corrected chi connectivity index (χ1v) is 11.2. The fourth-order valence-corrected chi connectivity index (χ4v) is 4.73. The van der Waals surface area contributed by atoms with E-state index >= 15 is 0 Å². The molecule has 1 aromatic heterocycles. The van der Waals surface area contributed by atoms with Crippen LogP contribution >= 0.6 is 11.8 Å². The lowest BCUT2D eigenvalue weighted by atomic mass is 10.1. The van der Waals surface area contributed by atoms with Crippen LogP contribution in [0.5, 0.6) is 11.5 Å². The number of hydrogen-bond acceptors (Lipinski definition) is 6. The number of hydrogen-bond donors (Lipinski definition) is 1. The molecule has 32 heavy (non-hydrogen) atoms. The molecule has 7 nitrogen and oxygen atoms in total. The Morgan fingerprint density at radius 2 is 1.91 bits per heavy atom. The van der Waals surface area contributed by atoms with Crippen molar-refractivity contribution in [1.82, 2.24) is 10.2 Å². The van der Waals surface area contributed by atoms with Crippen LogP contribution in [-0.4, -0.2) is 36.7 Å². The minimum absolute atomic E-state index is 0.0770. The van der Waals surface area contributed by atoms with Gasteiger partial charge in [0.25, 0.3) is 5.91 Å². The molecule has 0 spiro atoms. The predicted octanol–water partition coefficient (Wildman–Crippen LogP) is 4.00. The van der Waals surface area contributed by atoms with Crippen LogP contribution in [0.15, 0.2) is 65.3 Å². The van der Waals surface area contributed by atoms with Gasteiger partial charge in [0, 0.05) is 12.1 Å². The second-order valence-electron chi connectivity index (χ2n) is 7.26. The molecule has 2 heterocycles. The summed E-state index contributed by atoms with van der Waals surface area (Å²) < 4.78 is 15.9. The van der Waals surface area contributed by atoms with Crippen LogP contribution in [0.4, 0.5) is 0 Å². The summed E-state index contributed by atoms with van der Waals surface area (Å²) in [5, 5.41) is 2.82. The topological polar surface area (TPSA) is 81.0 Å². The molecule has 3 aromatic rings. The Morgan fingerprint density at radius 1 is 1.12 bits per heavy atom. The Balaban J connectivity index is 1.39. The number of furan rings is 1. The van der Waals surface area contributed by atoms with Gasteiger partial charge in [-0.2, -0.15) is 0 Å². The highest BCUT2D eigenvalue weighted by molar-refractivity contribution is 8.00. The van der Waals surface area contributed by atoms with Crippen LogP contribution in [-0.2, 0) is 17.9 Å². The van der Waals surface area contributed by atoms with Gasteiger partial charge >= 0.3 is 0 Å². The summed E-state index contributed by atoms with van der Waals surface area (Å²) in [5.74, 6) is 2.34. The van der Waals surface area contributed by atoms with E-state index < -0.39 is 0 Å². The first-order valence-electron chi connectivity index (χ1n) is 10.1. The van der Waals surface area contributed by atoms with Crippen molar-refractivity contribution < 1.29 is 23.5 Å². The summed E-state index contributed by atoms with van der Waals surface area (Å²) in [6, 6.07) is 16.6. The molecule has 1 N–H and O–H groups in total. The Morgan fingerprint density at radius 3 is 2.59 bits per heavy atom. The number of rotatable bonds is 8. The van der Waals surface area contributed by atoms with Crippen LogP contribution < -0.4 is 14.8 Å². The lowest BCUT2D eigenvalue weighted by Gasteiger charge is -2.23. The minimum Gasteiger partial charge on any atom is -0.493 e. The van der Waals surface area contributed by atoms with Gasteiger partial charge < -0.3 is 24.1 Å². The van der Waals surface area contributed by atoms with Gasteiger partial charge in [-0.1, -0.05) is 18.2 Å². The zero-order chi connectivity index (χ0) is 22.5. The van der Waals surface area contributed by atoms with Crippen molar-refractivity contribution >= 4 is 23.6 Å². The third-order valence-corrected chi connectivity index (χ3v) is 6.49. The van der Waals surface area contributed by atoms with Crippen molar-refractivity contribution in [3.8, 4) is 11.5 Å².